The third-order valence-electron chi connectivity index (χ3n) is 3.02. The largest absolute Gasteiger partial charge is 0.325 e. The molecule has 0 saturated heterocycles. The lowest BCUT2D eigenvalue weighted by Gasteiger charge is -2.05. The number of primary sulfonamides is 1. The van der Waals surface area contributed by atoms with E-state index in [1.54, 1.807) is 11.3 Å². The Morgan fingerprint density at radius 3 is 2.68 bits per heavy atom. The van der Waals surface area contributed by atoms with Gasteiger partial charge in [0, 0.05) is 5.69 Å². The number of thioether (sulfide) groups is 1. The van der Waals surface area contributed by atoms with Crippen LogP contribution in [0.5, 0.6) is 0 Å². The second-order valence-corrected chi connectivity index (χ2v) is 8.30. The van der Waals surface area contributed by atoms with Gasteiger partial charge in [-0.15, -0.1) is 16.4 Å². The summed E-state index contributed by atoms with van der Waals surface area (Å²) >= 11 is 2.74. The van der Waals surface area contributed by atoms with Crippen LogP contribution in [-0.4, -0.2) is 35.3 Å². The van der Waals surface area contributed by atoms with Crippen molar-refractivity contribution in [1.29, 1.82) is 0 Å². The third kappa shape index (κ3) is 4.66. The van der Waals surface area contributed by atoms with Crippen molar-refractivity contribution in [3.63, 3.8) is 0 Å². The van der Waals surface area contributed by atoms with Crippen LogP contribution in [0.1, 0.15) is 0 Å². The number of rotatable bonds is 6. The van der Waals surface area contributed by atoms with E-state index in [0.717, 1.165) is 4.88 Å². The van der Waals surface area contributed by atoms with Gasteiger partial charge in [0.2, 0.25) is 21.1 Å². The number of nitrogens with zero attached hydrogens (tertiary/aromatic N) is 2. The van der Waals surface area contributed by atoms with Crippen molar-refractivity contribution < 1.29 is 13.2 Å². The number of carbonyl (C=O) groups excluding carboxylic acids is 1. The van der Waals surface area contributed by atoms with Gasteiger partial charge in [-0.1, -0.05) is 17.8 Å². The number of hydrogen-bond acceptors (Lipinski definition) is 7. The predicted octanol–water partition coefficient (Wildman–Crippen LogP) is 1.91. The normalized spacial score (nSPS) is 11.4. The van der Waals surface area contributed by atoms with E-state index in [0.29, 0.717) is 16.7 Å². The molecule has 130 valence electrons. The maximum Gasteiger partial charge on any atom is 0.238 e. The number of nitrogens with one attached hydrogen (secondary N) is 2. The van der Waals surface area contributed by atoms with Crippen molar-refractivity contribution >= 4 is 44.7 Å². The number of thiophene rings is 1. The predicted molar refractivity (Wildman–Crippen MR) is 96.9 cm³/mol. The van der Waals surface area contributed by atoms with E-state index in [9.17, 15) is 13.2 Å². The zero-order valence-corrected chi connectivity index (χ0v) is 15.1. The highest BCUT2D eigenvalue weighted by atomic mass is 32.2. The van der Waals surface area contributed by atoms with E-state index in [1.165, 1.54) is 36.0 Å². The monoisotopic (exact) mass is 395 g/mol. The number of H-pyrrole nitrogens is 1. The first-order valence-corrected chi connectivity index (χ1v) is 10.3. The Balaban J connectivity index is 1.55. The van der Waals surface area contributed by atoms with Crippen LogP contribution in [0.15, 0.2) is 51.8 Å². The van der Waals surface area contributed by atoms with Gasteiger partial charge in [0.25, 0.3) is 0 Å². The lowest BCUT2D eigenvalue weighted by atomic mass is 10.3. The molecule has 2 aromatic heterocycles. The Kier molecular flexibility index (Phi) is 5.18. The van der Waals surface area contributed by atoms with Crippen molar-refractivity contribution in [2.45, 2.75) is 10.1 Å². The molecule has 0 aliphatic heterocycles. The number of anilines is 1. The fourth-order valence-electron chi connectivity index (χ4n) is 1.89. The van der Waals surface area contributed by atoms with Crippen LogP contribution < -0.4 is 10.5 Å². The topological polar surface area (TPSA) is 131 Å². The molecule has 4 N–H and O–H groups in total. The number of aromatic amines is 1. The number of aromatic nitrogens is 3. The maximum absolute atomic E-state index is 12.0. The van der Waals surface area contributed by atoms with Gasteiger partial charge in [-0.2, -0.15) is 0 Å². The van der Waals surface area contributed by atoms with E-state index >= 15 is 0 Å². The van der Waals surface area contributed by atoms with Crippen LogP contribution in [0.2, 0.25) is 0 Å². The van der Waals surface area contributed by atoms with Crippen molar-refractivity contribution in [3.05, 3.63) is 41.8 Å². The van der Waals surface area contributed by atoms with Gasteiger partial charge >= 0.3 is 0 Å². The minimum atomic E-state index is -3.75. The molecule has 2 heterocycles. The number of benzene rings is 1. The SMILES string of the molecule is NS(=O)(=O)c1ccc(NC(=O)CSc2n[nH]c(-c3cccs3)n2)cc1. The first-order valence-electron chi connectivity index (χ1n) is 6.93. The molecule has 25 heavy (non-hydrogen) atoms. The molecular formula is C14H13N5O3S3. The standard InChI is InChI=1S/C14H13N5O3S3/c15-25(21,22)10-5-3-9(4-6-10)16-12(20)8-24-14-17-13(18-19-14)11-2-1-7-23-11/h1-7H,8H2,(H,16,20)(H2,15,21,22)(H,17,18,19). The summed E-state index contributed by atoms with van der Waals surface area (Å²) in [6, 6.07) is 9.47. The highest BCUT2D eigenvalue weighted by Crippen LogP contribution is 2.23. The molecule has 1 aromatic carbocycles. The molecule has 0 aliphatic carbocycles. The van der Waals surface area contributed by atoms with Crippen LogP contribution in [0, 0.1) is 0 Å². The van der Waals surface area contributed by atoms with E-state index in [4.69, 9.17) is 5.14 Å². The molecule has 3 aromatic rings. The number of amides is 1. The summed E-state index contributed by atoms with van der Waals surface area (Å²) in [6.45, 7) is 0. The lowest BCUT2D eigenvalue weighted by molar-refractivity contribution is -0.113. The maximum atomic E-state index is 12.0. The van der Waals surface area contributed by atoms with Crippen molar-refractivity contribution in [3.8, 4) is 10.7 Å². The number of carbonyl (C=O) groups is 1. The summed E-state index contributed by atoms with van der Waals surface area (Å²) in [7, 11) is -3.75. The third-order valence-corrected chi connectivity index (χ3v) is 5.67. The molecule has 0 bridgehead atoms. The zero-order chi connectivity index (χ0) is 17.9. The molecular weight excluding hydrogens is 382 g/mol. The zero-order valence-electron chi connectivity index (χ0n) is 12.7. The van der Waals surface area contributed by atoms with Crippen LogP contribution in [0.25, 0.3) is 10.7 Å². The molecule has 0 radical (unpaired) electrons. The van der Waals surface area contributed by atoms with Gasteiger partial charge in [0.05, 0.1) is 15.5 Å². The molecule has 8 nitrogen and oxygen atoms in total. The van der Waals surface area contributed by atoms with Crippen LogP contribution in [0.3, 0.4) is 0 Å². The summed E-state index contributed by atoms with van der Waals surface area (Å²) in [5.41, 5.74) is 0.479. The van der Waals surface area contributed by atoms with E-state index in [2.05, 4.69) is 20.5 Å². The average Bonchev–Trinajstić information content (AvgIpc) is 3.24. The molecule has 1 amide bonds. The fraction of sp³-hybridized carbons (Fsp3) is 0.0714. The van der Waals surface area contributed by atoms with Crippen molar-refractivity contribution in [2.75, 3.05) is 11.1 Å². The Hall–Kier alpha value is -2.21. The van der Waals surface area contributed by atoms with Crippen LogP contribution in [0.4, 0.5) is 5.69 Å². The molecule has 0 fully saturated rings. The van der Waals surface area contributed by atoms with E-state index in [1.807, 2.05) is 17.5 Å². The Morgan fingerprint density at radius 1 is 1.28 bits per heavy atom. The lowest BCUT2D eigenvalue weighted by Crippen LogP contribution is -2.15. The first kappa shape index (κ1) is 17.6. The van der Waals surface area contributed by atoms with Crippen LogP contribution in [-0.2, 0) is 14.8 Å². The summed E-state index contributed by atoms with van der Waals surface area (Å²) < 4.78 is 22.4. The molecule has 3 rings (SSSR count). The number of nitrogens with two attached hydrogens (primary N) is 1. The highest BCUT2D eigenvalue weighted by Gasteiger charge is 2.11. The molecule has 0 aliphatic rings. The summed E-state index contributed by atoms with van der Waals surface area (Å²) in [4.78, 5) is 17.2. The minimum Gasteiger partial charge on any atom is -0.325 e. The Morgan fingerprint density at radius 2 is 2.04 bits per heavy atom. The van der Waals surface area contributed by atoms with Crippen molar-refractivity contribution in [1.82, 2.24) is 15.2 Å². The Labute approximate surface area is 151 Å². The van der Waals surface area contributed by atoms with Crippen LogP contribution >= 0.6 is 23.1 Å². The fourth-order valence-corrected chi connectivity index (χ4v) is 3.67. The first-order chi connectivity index (χ1) is 11.9. The molecule has 0 saturated carbocycles. The van der Waals surface area contributed by atoms with Crippen molar-refractivity contribution in [2.24, 2.45) is 5.14 Å². The van der Waals surface area contributed by atoms with Gasteiger partial charge < -0.3 is 5.32 Å². The summed E-state index contributed by atoms with van der Waals surface area (Å²) in [6.07, 6.45) is 0. The number of sulfonamides is 1. The summed E-state index contributed by atoms with van der Waals surface area (Å²) in [5.74, 6) is 0.533. The smallest absolute Gasteiger partial charge is 0.238 e. The molecule has 0 spiro atoms. The highest BCUT2D eigenvalue weighted by molar-refractivity contribution is 7.99. The molecule has 0 atom stereocenters. The van der Waals surface area contributed by atoms with Gasteiger partial charge in [0.1, 0.15) is 0 Å². The van der Waals surface area contributed by atoms with Gasteiger partial charge in [-0.05, 0) is 35.7 Å². The molecule has 11 heteroatoms. The van der Waals surface area contributed by atoms with Gasteiger partial charge in [-0.3, -0.25) is 9.89 Å². The van der Waals surface area contributed by atoms with Gasteiger partial charge in [-0.25, -0.2) is 18.5 Å². The average molecular weight is 395 g/mol. The van der Waals surface area contributed by atoms with Gasteiger partial charge in [0.15, 0.2) is 5.82 Å². The molecule has 0 unspecified atom stereocenters. The second kappa shape index (κ2) is 7.35. The Bertz CT molecular complexity index is 966. The number of hydrogen-bond donors (Lipinski definition) is 3. The minimum absolute atomic E-state index is 0.0123. The second-order valence-electron chi connectivity index (χ2n) is 4.85. The van der Waals surface area contributed by atoms with E-state index in [-0.39, 0.29) is 16.6 Å². The van der Waals surface area contributed by atoms with E-state index < -0.39 is 10.0 Å². The quantitative estimate of drug-likeness (QED) is 0.547. The summed E-state index contributed by atoms with van der Waals surface area (Å²) in [5, 5.41) is 17.0.